The number of rotatable bonds is 3. The maximum Gasteiger partial charge on any atom is 0.223 e. The highest BCUT2D eigenvalue weighted by molar-refractivity contribution is 6.29. The number of halogens is 1. The first-order valence-electron chi connectivity index (χ1n) is 6.10. The molecule has 0 unspecified atom stereocenters. The van der Waals surface area contributed by atoms with Crippen molar-refractivity contribution in [2.75, 3.05) is 17.7 Å². The maximum atomic E-state index is 5.88. The van der Waals surface area contributed by atoms with Crippen LogP contribution in [0.1, 0.15) is 5.76 Å². The van der Waals surface area contributed by atoms with Crippen LogP contribution < -0.4 is 10.6 Å². The van der Waals surface area contributed by atoms with Gasteiger partial charge < -0.3 is 15.1 Å². The summed E-state index contributed by atoms with van der Waals surface area (Å²) >= 11 is 5.88. The largest absolute Gasteiger partial charge is 0.459 e. The number of nitrogens with two attached hydrogens (primary N) is 1. The van der Waals surface area contributed by atoms with E-state index in [0.717, 1.165) is 16.7 Å². The molecule has 20 heavy (non-hydrogen) atoms. The molecule has 0 radical (unpaired) electrons. The molecule has 0 aliphatic heterocycles. The Morgan fingerprint density at radius 2 is 2.05 bits per heavy atom. The van der Waals surface area contributed by atoms with Gasteiger partial charge in [-0.1, -0.05) is 29.8 Å². The molecular weight excluding hydrogens is 276 g/mol. The number of nitrogen functional groups attached to an aromatic ring is 1. The molecule has 0 fully saturated rings. The van der Waals surface area contributed by atoms with Crippen LogP contribution in [0.4, 0.5) is 11.8 Å². The third-order valence-electron chi connectivity index (χ3n) is 2.96. The number of para-hydroxylation sites is 1. The Morgan fingerprint density at radius 1 is 1.25 bits per heavy atom. The van der Waals surface area contributed by atoms with Gasteiger partial charge in [0.25, 0.3) is 0 Å². The van der Waals surface area contributed by atoms with Crippen LogP contribution in [0, 0.1) is 0 Å². The summed E-state index contributed by atoms with van der Waals surface area (Å²) in [4.78, 5) is 9.90. The average Bonchev–Trinajstić information content (AvgIpc) is 2.79. The van der Waals surface area contributed by atoms with Crippen molar-refractivity contribution in [2.24, 2.45) is 0 Å². The van der Waals surface area contributed by atoms with Crippen LogP contribution in [0.3, 0.4) is 0 Å². The summed E-state index contributed by atoms with van der Waals surface area (Å²) in [5, 5.41) is 1.40. The van der Waals surface area contributed by atoms with Gasteiger partial charge in [-0.3, -0.25) is 0 Å². The van der Waals surface area contributed by atoms with Crippen molar-refractivity contribution in [3.63, 3.8) is 0 Å². The van der Waals surface area contributed by atoms with E-state index in [1.165, 1.54) is 0 Å². The van der Waals surface area contributed by atoms with E-state index >= 15 is 0 Å². The summed E-state index contributed by atoms with van der Waals surface area (Å²) in [5.41, 5.74) is 6.47. The van der Waals surface area contributed by atoms with Crippen molar-refractivity contribution in [1.82, 2.24) is 9.97 Å². The molecule has 0 aliphatic carbocycles. The van der Waals surface area contributed by atoms with Crippen molar-refractivity contribution in [2.45, 2.75) is 6.54 Å². The zero-order chi connectivity index (χ0) is 14.1. The molecule has 2 aromatic heterocycles. The number of hydrogen-bond acceptors (Lipinski definition) is 5. The number of benzene rings is 1. The molecule has 5 nitrogen and oxygen atoms in total. The van der Waals surface area contributed by atoms with E-state index in [9.17, 15) is 0 Å². The average molecular weight is 289 g/mol. The molecule has 3 aromatic rings. The monoisotopic (exact) mass is 288 g/mol. The molecule has 0 amide bonds. The third kappa shape index (κ3) is 2.53. The number of anilines is 2. The van der Waals surface area contributed by atoms with Crippen molar-refractivity contribution in [3.05, 3.63) is 47.3 Å². The molecular formula is C14H13ClN4O. The first-order valence-corrected chi connectivity index (χ1v) is 6.48. The van der Waals surface area contributed by atoms with E-state index < -0.39 is 0 Å². The lowest BCUT2D eigenvalue weighted by Gasteiger charge is -2.16. The van der Waals surface area contributed by atoms with Crippen LogP contribution in [0.15, 0.2) is 40.8 Å². The predicted molar refractivity (Wildman–Crippen MR) is 79.8 cm³/mol. The van der Waals surface area contributed by atoms with Crippen molar-refractivity contribution >= 4 is 34.3 Å². The minimum Gasteiger partial charge on any atom is -0.459 e. The van der Waals surface area contributed by atoms with Gasteiger partial charge in [-0.05, 0) is 12.1 Å². The van der Waals surface area contributed by atoms with E-state index in [1.807, 2.05) is 42.3 Å². The number of fused-ring (bicyclic) bond motifs is 1. The molecule has 0 atom stereocenters. The lowest BCUT2D eigenvalue weighted by molar-refractivity contribution is 0.545. The molecule has 0 saturated heterocycles. The molecule has 1 aromatic carbocycles. The van der Waals surface area contributed by atoms with Crippen molar-refractivity contribution in [1.29, 1.82) is 0 Å². The van der Waals surface area contributed by atoms with Crippen LogP contribution in [-0.2, 0) is 6.54 Å². The Balaban J connectivity index is 1.86. The van der Waals surface area contributed by atoms with Crippen LogP contribution in [-0.4, -0.2) is 17.0 Å². The fourth-order valence-electron chi connectivity index (χ4n) is 2.05. The van der Waals surface area contributed by atoms with Gasteiger partial charge >= 0.3 is 0 Å². The minimum atomic E-state index is 0.156. The van der Waals surface area contributed by atoms with Gasteiger partial charge in [-0.25, -0.2) is 4.98 Å². The lowest BCUT2D eigenvalue weighted by Crippen LogP contribution is -2.18. The quantitative estimate of drug-likeness (QED) is 0.750. The van der Waals surface area contributed by atoms with E-state index in [2.05, 4.69) is 9.97 Å². The van der Waals surface area contributed by atoms with Crippen LogP contribution in [0.2, 0.25) is 5.15 Å². The Kier molecular flexibility index (Phi) is 3.20. The van der Waals surface area contributed by atoms with Gasteiger partial charge in [0.15, 0.2) is 0 Å². The normalized spacial score (nSPS) is 10.9. The summed E-state index contributed by atoms with van der Waals surface area (Å²) in [6.07, 6.45) is 0. The van der Waals surface area contributed by atoms with E-state index in [1.54, 1.807) is 6.07 Å². The predicted octanol–water partition coefficient (Wildman–Crippen LogP) is 3.09. The second kappa shape index (κ2) is 5.02. The van der Waals surface area contributed by atoms with Gasteiger partial charge in [0, 0.05) is 18.5 Å². The van der Waals surface area contributed by atoms with Gasteiger partial charge in [-0.2, -0.15) is 4.98 Å². The number of hydrogen-bond donors (Lipinski definition) is 1. The SMILES string of the molecule is CN(Cc1cc2ccccc2o1)c1cc(Cl)nc(N)n1. The maximum absolute atomic E-state index is 5.88. The van der Waals surface area contributed by atoms with Gasteiger partial charge in [0.1, 0.15) is 22.3 Å². The molecule has 0 spiro atoms. The van der Waals surface area contributed by atoms with E-state index in [0.29, 0.717) is 17.5 Å². The number of nitrogens with zero attached hydrogens (tertiary/aromatic N) is 3. The third-order valence-corrected chi connectivity index (χ3v) is 3.15. The van der Waals surface area contributed by atoms with E-state index in [4.69, 9.17) is 21.8 Å². The molecule has 6 heteroatoms. The Labute approximate surface area is 121 Å². The second-order valence-corrected chi connectivity index (χ2v) is 4.90. The van der Waals surface area contributed by atoms with Crippen molar-refractivity contribution in [3.8, 4) is 0 Å². The van der Waals surface area contributed by atoms with Gasteiger partial charge in [-0.15, -0.1) is 0 Å². The molecule has 3 rings (SSSR count). The summed E-state index contributed by atoms with van der Waals surface area (Å²) in [6.45, 7) is 0.571. The molecule has 0 saturated carbocycles. The number of aromatic nitrogens is 2. The number of furan rings is 1. The summed E-state index contributed by atoms with van der Waals surface area (Å²) in [5.74, 6) is 1.66. The fourth-order valence-corrected chi connectivity index (χ4v) is 2.23. The highest BCUT2D eigenvalue weighted by Crippen LogP contribution is 2.22. The standard InChI is InChI=1S/C14H13ClN4O/c1-19(13-7-12(15)17-14(16)18-13)8-10-6-9-4-2-3-5-11(9)20-10/h2-7H,8H2,1H3,(H2,16,17,18). The highest BCUT2D eigenvalue weighted by Gasteiger charge is 2.10. The summed E-state index contributed by atoms with van der Waals surface area (Å²) in [6, 6.07) is 11.6. The van der Waals surface area contributed by atoms with Gasteiger partial charge in [0.05, 0.1) is 6.54 Å². The zero-order valence-corrected chi connectivity index (χ0v) is 11.6. The molecule has 2 heterocycles. The molecule has 2 N–H and O–H groups in total. The smallest absolute Gasteiger partial charge is 0.223 e. The minimum absolute atomic E-state index is 0.156. The first-order chi connectivity index (χ1) is 9.61. The highest BCUT2D eigenvalue weighted by atomic mass is 35.5. The topological polar surface area (TPSA) is 68.2 Å². The zero-order valence-electron chi connectivity index (χ0n) is 10.9. The Hall–Kier alpha value is -2.27. The van der Waals surface area contributed by atoms with Crippen LogP contribution in [0.5, 0.6) is 0 Å². The molecule has 0 aliphatic rings. The van der Waals surface area contributed by atoms with Crippen LogP contribution >= 0.6 is 11.6 Å². The summed E-state index contributed by atoms with van der Waals surface area (Å²) in [7, 11) is 1.89. The van der Waals surface area contributed by atoms with E-state index in [-0.39, 0.29) is 5.95 Å². The Morgan fingerprint density at radius 3 is 2.80 bits per heavy atom. The van der Waals surface area contributed by atoms with Gasteiger partial charge in [0.2, 0.25) is 5.95 Å². The first kappa shape index (κ1) is 12.7. The molecule has 102 valence electrons. The summed E-state index contributed by atoms with van der Waals surface area (Å²) < 4.78 is 5.77. The molecule has 0 bridgehead atoms. The fraction of sp³-hybridized carbons (Fsp3) is 0.143. The van der Waals surface area contributed by atoms with Crippen molar-refractivity contribution < 1.29 is 4.42 Å². The van der Waals surface area contributed by atoms with Crippen LogP contribution in [0.25, 0.3) is 11.0 Å². The lowest BCUT2D eigenvalue weighted by atomic mass is 10.2. The Bertz CT molecular complexity index is 703. The second-order valence-electron chi connectivity index (χ2n) is 4.51.